The minimum absolute atomic E-state index is 0.227. The van der Waals surface area contributed by atoms with E-state index in [1.807, 2.05) is 25.1 Å². The Kier molecular flexibility index (Phi) is 3.87. The van der Waals surface area contributed by atoms with Gasteiger partial charge in [-0.05, 0) is 36.8 Å². The van der Waals surface area contributed by atoms with Crippen LogP contribution in [0.2, 0.25) is 0 Å². The molecule has 0 radical (unpaired) electrons. The van der Waals surface area contributed by atoms with Crippen molar-refractivity contribution in [3.8, 4) is 10.6 Å². The van der Waals surface area contributed by atoms with E-state index in [2.05, 4.69) is 20.6 Å². The summed E-state index contributed by atoms with van der Waals surface area (Å²) < 4.78 is 6.80. The zero-order valence-electron chi connectivity index (χ0n) is 13.2. The van der Waals surface area contributed by atoms with Crippen molar-refractivity contribution in [1.29, 1.82) is 0 Å². The molecule has 0 saturated carbocycles. The number of hydrogen-bond acceptors (Lipinski definition) is 6. The fraction of sp³-hybridized carbons (Fsp3) is 0.0588. The Bertz CT molecular complexity index is 1030. The van der Waals surface area contributed by atoms with Gasteiger partial charge in [0, 0.05) is 17.3 Å². The second-order valence-corrected chi connectivity index (χ2v) is 6.29. The molecule has 1 N–H and O–H groups in total. The maximum atomic E-state index is 12.1. The molecule has 7 nitrogen and oxygen atoms in total. The second kappa shape index (κ2) is 6.33. The van der Waals surface area contributed by atoms with Gasteiger partial charge in [-0.2, -0.15) is 9.61 Å². The van der Waals surface area contributed by atoms with Crippen molar-refractivity contribution in [3.63, 3.8) is 0 Å². The lowest BCUT2D eigenvalue weighted by atomic mass is 10.1. The molecule has 0 aliphatic rings. The highest BCUT2D eigenvalue weighted by molar-refractivity contribution is 7.19. The topological polar surface area (TPSA) is 85.3 Å². The number of amides is 1. The van der Waals surface area contributed by atoms with Crippen LogP contribution in [0.3, 0.4) is 0 Å². The largest absolute Gasteiger partial charge is 0.465 e. The van der Waals surface area contributed by atoms with Gasteiger partial charge in [0.05, 0.1) is 6.26 Å². The highest BCUT2D eigenvalue weighted by Crippen LogP contribution is 2.28. The monoisotopic (exact) mass is 351 g/mol. The molecule has 8 heteroatoms. The van der Waals surface area contributed by atoms with E-state index in [1.54, 1.807) is 35.3 Å². The molecule has 0 aliphatic heterocycles. The molecule has 0 spiro atoms. The van der Waals surface area contributed by atoms with Crippen molar-refractivity contribution in [3.05, 3.63) is 60.3 Å². The van der Waals surface area contributed by atoms with E-state index >= 15 is 0 Å². The first-order valence-corrected chi connectivity index (χ1v) is 8.31. The summed E-state index contributed by atoms with van der Waals surface area (Å²) in [4.78, 5) is 12.9. The molecule has 0 aliphatic carbocycles. The van der Waals surface area contributed by atoms with E-state index in [-0.39, 0.29) is 5.91 Å². The number of nitrogens with zero attached hydrogens (tertiary/aromatic N) is 4. The lowest BCUT2D eigenvalue weighted by Gasteiger charge is -2.08. The van der Waals surface area contributed by atoms with Crippen LogP contribution in [0.1, 0.15) is 11.3 Å². The van der Waals surface area contributed by atoms with Crippen molar-refractivity contribution in [2.45, 2.75) is 6.92 Å². The first-order chi connectivity index (χ1) is 12.2. The predicted octanol–water partition coefficient (Wildman–Crippen LogP) is 3.41. The fourth-order valence-corrected chi connectivity index (χ4v) is 3.10. The van der Waals surface area contributed by atoms with Crippen LogP contribution in [0.4, 0.5) is 5.69 Å². The van der Waals surface area contributed by atoms with Crippen LogP contribution in [0.5, 0.6) is 0 Å². The highest BCUT2D eigenvalue weighted by Gasteiger charge is 2.10. The molecular weight excluding hydrogens is 338 g/mol. The van der Waals surface area contributed by atoms with Gasteiger partial charge in [0.15, 0.2) is 0 Å². The van der Waals surface area contributed by atoms with Gasteiger partial charge in [0.2, 0.25) is 10.9 Å². The van der Waals surface area contributed by atoms with Crippen LogP contribution in [-0.2, 0) is 4.79 Å². The quantitative estimate of drug-likeness (QED) is 0.570. The van der Waals surface area contributed by atoms with Gasteiger partial charge in [-0.25, -0.2) is 0 Å². The summed E-state index contributed by atoms with van der Waals surface area (Å²) in [6.07, 6.45) is 6.18. The maximum absolute atomic E-state index is 12.1. The summed E-state index contributed by atoms with van der Waals surface area (Å²) in [6, 6.07) is 9.37. The van der Waals surface area contributed by atoms with Crippen LogP contribution < -0.4 is 5.32 Å². The lowest BCUT2D eigenvalue weighted by molar-refractivity contribution is -0.111. The molecule has 1 amide bonds. The molecule has 1 aromatic carbocycles. The number of carbonyl (C=O) groups excluding carboxylic acids is 1. The Balaban J connectivity index is 1.57. The number of aromatic nitrogens is 4. The number of fused-ring (bicyclic) bond motifs is 1. The second-order valence-electron chi connectivity index (χ2n) is 5.33. The Labute approximate surface area is 146 Å². The first kappa shape index (κ1) is 15.3. The van der Waals surface area contributed by atoms with Crippen LogP contribution in [0.25, 0.3) is 21.6 Å². The van der Waals surface area contributed by atoms with Crippen LogP contribution in [0, 0.1) is 6.92 Å². The highest BCUT2D eigenvalue weighted by atomic mass is 32.1. The summed E-state index contributed by atoms with van der Waals surface area (Å²) in [7, 11) is 0. The number of hydrogen-bond donors (Lipinski definition) is 1. The number of anilines is 1. The van der Waals surface area contributed by atoms with E-state index in [0.717, 1.165) is 26.8 Å². The predicted molar refractivity (Wildman–Crippen MR) is 95.2 cm³/mol. The minimum atomic E-state index is -0.227. The third kappa shape index (κ3) is 3.20. The zero-order chi connectivity index (χ0) is 17.2. The number of nitrogens with one attached hydrogen (secondary N) is 1. The van der Waals surface area contributed by atoms with Crippen molar-refractivity contribution in [2.75, 3.05) is 5.32 Å². The van der Waals surface area contributed by atoms with Crippen molar-refractivity contribution in [1.82, 2.24) is 19.8 Å². The van der Waals surface area contributed by atoms with E-state index in [0.29, 0.717) is 5.76 Å². The van der Waals surface area contributed by atoms with Gasteiger partial charge in [-0.3, -0.25) is 4.79 Å². The molecule has 0 saturated heterocycles. The SMILES string of the molecule is Cc1ccc(-c2nn3cnnc3s2)cc1NC(=O)/C=C/c1ccco1. The number of aryl methyl sites for hydroxylation is 1. The Morgan fingerprint density at radius 3 is 3.08 bits per heavy atom. The fourth-order valence-electron chi connectivity index (χ4n) is 2.28. The smallest absolute Gasteiger partial charge is 0.248 e. The average Bonchev–Trinajstić information content (AvgIpc) is 3.32. The van der Waals surface area contributed by atoms with Crippen molar-refractivity contribution >= 4 is 34.0 Å². The Morgan fingerprint density at radius 1 is 1.36 bits per heavy atom. The van der Waals surface area contributed by atoms with Gasteiger partial charge >= 0.3 is 0 Å². The number of carbonyl (C=O) groups is 1. The number of rotatable bonds is 4. The van der Waals surface area contributed by atoms with Crippen LogP contribution in [-0.4, -0.2) is 25.7 Å². The first-order valence-electron chi connectivity index (χ1n) is 7.49. The molecule has 0 bridgehead atoms. The molecule has 124 valence electrons. The molecule has 3 heterocycles. The van der Waals surface area contributed by atoms with E-state index in [4.69, 9.17) is 4.42 Å². The third-order valence-corrected chi connectivity index (χ3v) is 4.53. The molecule has 4 aromatic rings. The Hall–Kier alpha value is -3.26. The molecular formula is C17H13N5O2S. The van der Waals surface area contributed by atoms with E-state index in [1.165, 1.54) is 17.4 Å². The van der Waals surface area contributed by atoms with Gasteiger partial charge in [-0.1, -0.05) is 23.5 Å². The molecule has 4 rings (SSSR count). The third-order valence-electron chi connectivity index (χ3n) is 3.57. The normalized spacial score (nSPS) is 11.4. The van der Waals surface area contributed by atoms with Crippen LogP contribution >= 0.6 is 11.3 Å². The van der Waals surface area contributed by atoms with Gasteiger partial charge < -0.3 is 9.73 Å². The Morgan fingerprint density at radius 2 is 2.28 bits per heavy atom. The molecule has 25 heavy (non-hydrogen) atoms. The van der Waals surface area contributed by atoms with Crippen molar-refractivity contribution in [2.24, 2.45) is 0 Å². The summed E-state index contributed by atoms with van der Waals surface area (Å²) in [5, 5.41) is 15.9. The summed E-state index contributed by atoms with van der Waals surface area (Å²) >= 11 is 1.44. The zero-order valence-corrected chi connectivity index (χ0v) is 14.0. The standard InChI is InChI=1S/C17H13N5O2S/c1-11-4-5-12(16-21-22-10-18-20-17(22)25-16)9-14(11)19-15(23)7-6-13-3-2-8-24-13/h2-10H,1H3,(H,19,23)/b7-6+. The summed E-state index contributed by atoms with van der Waals surface area (Å²) in [5.74, 6) is 0.398. The lowest BCUT2D eigenvalue weighted by Crippen LogP contribution is -2.09. The van der Waals surface area contributed by atoms with E-state index < -0.39 is 0 Å². The molecule has 0 fully saturated rings. The molecule has 3 aromatic heterocycles. The van der Waals surface area contributed by atoms with Crippen LogP contribution in [0.15, 0.2) is 53.4 Å². The van der Waals surface area contributed by atoms with Gasteiger partial charge in [0.1, 0.15) is 17.1 Å². The molecule has 0 unspecified atom stereocenters. The molecule has 0 atom stereocenters. The van der Waals surface area contributed by atoms with Gasteiger partial charge in [-0.15, -0.1) is 10.2 Å². The number of furan rings is 1. The maximum Gasteiger partial charge on any atom is 0.248 e. The average molecular weight is 351 g/mol. The summed E-state index contributed by atoms with van der Waals surface area (Å²) in [5.41, 5.74) is 2.61. The van der Waals surface area contributed by atoms with Gasteiger partial charge in [0.25, 0.3) is 0 Å². The summed E-state index contributed by atoms with van der Waals surface area (Å²) in [6.45, 7) is 1.94. The van der Waals surface area contributed by atoms with E-state index in [9.17, 15) is 4.79 Å². The van der Waals surface area contributed by atoms with Crippen molar-refractivity contribution < 1.29 is 9.21 Å². The number of benzene rings is 1. The minimum Gasteiger partial charge on any atom is -0.465 e.